The molecule has 2 aromatic heterocycles. The fourth-order valence-corrected chi connectivity index (χ4v) is 3.54. The lowest BCUT2D eigenvalue weighted by molar-refractivity contribution is 0.415. The number of aromatic nitrogens is 3. The van der Waals surface area contributed by atoms with Gasteiger partial charge in [-0.2, -0.15) is 0 Å². The van der Waals surface area contributed by atoms with Gasteiger partial charge in [0.05, 0.1) is 19.1 Å². The third-order valence-electron chi connectivity index (χ3n) is 4.96. The van der Waals surface area contributed by atoms with Crippen molar-refractivity contribution in [1.82, 2.24) is 25.8 Å². The van der Waals surface area contributed by atoms with Gasteiger partial charge in [0, 0.05) is 25.7 Å². The molecule has 0 saturated carbocycles. The average molecular weight is 537 g/mol. The summed E-state index contributed by atoms with van der Waals surface area (Å²) >= 11 is 0. The van der Waals surface area contributed by atoms with E-state index >= 15 is 0 Å². The van der Waals surface area contributed by atoms with E-state index in [1.54, 1.807) is 13.4 Å². The molecule has 3 N–H and O–H groups in total. The zero-order valence-electron chi connectivity index (χ0n) is 17.7. The number of rotatable bonds is 7. The van der Waals surface area contributed by atoms with Crippen LogP contribution in [0.5, 0.6) is 5.75 Å². The minimum atomic E-state index is 0. The summed E-state index contributed by atoms with van der Waals surface area (Å²) < 4.78 is 10.8. The summed E-state index contributed by atoms with van der Waals surface area (Å²) in [5, 5.41) is 13.9. The van der Waals surface area contributed by atoms with Crippen LogP contribution in [0.4, 0.5) is 5.69 Å². The summed E-state index contributed by atoms with van der Waals surface area (Å²) in [6, 6.07) is 12.1. The van der Waals surface area contributed by atoms with E-state index in [4.69, 9.17) is 9.15 Å². The van der Waals surface area contributed by atoms with E-state index in [0.29, 0.717) is 30.0 Å². The monoisotopic (exact) mass is 537 g/mol. The molecule has 4 rings (SSSR count). The SMILES string of the molecule is CCNC(=NCc1nc(-c2ccco2)n[nH]1)NC1CCN(c2ccccc2OC)C1.I. The molecule has 1 unspecified atom stereocenters. The van der Waals surface area contributed by atoms with Crippen LogP contribution in [-0.2, 0) is 6.54 Å². The molecule has 0 spiro atoms. The Bertz CT molecular complexity index is 974. The number of benzene rings is 1. The van der Waals surface area contributed by atoms with Crippen molar-refractivity contribution in [3.8, 4) is 17.3 Å². The molecule has 1 fully saturated rings. The predicted molar refractivity (Wildman–Crippen MR) is 131 cm³/mol. The Balaban J connectivity index is 0.00000272. The number of aliphatic imine (C=N–C) groups is 1. The molecule has 1 aliphatic rings. The third-order valence-corrected chi connectivity index (χ3v) is 4.96. The maximum absolute atomic E-state index is 5.51. The molecule has 0 radical (unpaired) electrons. The topological polar surface area (TPSA) is 104 Å². The molecule has 10 heteroatoms. The van der Waals surface area contributed by atoms with E-state index in [9.17, 15) is 0 Å². The van der Waals surface area contributed by atoms with Crippen molar-refractivity contribution in [2.45, 2.75) is 25.9 Å². The highest BCUT2D eigenvalue weighted by atomic mass is 127. The maximum atomic E-state index is 5.51. The minimum Gasteiger partial charge on any atom is -0.495 e. The predicted octanol–water partition coefficient (Wildman–Crippen LogP) is 3.03. The van der Waals surface area contributed by atoms with Crippen LogP contribution < -0.4 is 20.3 Å². The molecule has 9 nitrogen and oxygen atoms in total. The average Bonchev–Trinajstić information content (AvgIpc) is 3.53. The van der Waals surface area contributed by atoms with Crippen molar-refractivity contribution < 1.29 is 9.15 Å². The standard InChI is InChI=1S/C21H27N7O2.HI/c1-3-22-21(23-13-19-25-20(27-26-19)18-9-6-12-30-18)24-15-10-11-28(14-15)16-7-4-5-8-17(16)29-2;/h4-9,12,15H,3,10-11,13-14H2,1-2H3,(H2,22,23,24)(H,25,26,27);1H. The molecule has 1 aromatic carbocycles. The maximum Gasteiger partial charge on any atom is 0.216 e. The number of para-hydroxylation sites is 2. The number of aromatic amines is 1. The normalized spacial score (nSPS) is 16.1. The van der Waals surface area contributed by atoms with E-state index in [1.165, 1.54) is 0 Å². The number of anilines is 1. The zero-order valence-corrected chi connectivity index (χ0v) is 20.0. The van der Waals surface area contributed by atoms with Gasteiger partial charge in [-0.15, -0.1) is 29.1 Å². The highest BCUT2D eigenvalue weighted by Crippen LogP contribution is 2.30. The number of guanidine groups is 1. The quantitative estimate of drug-likeness (QED) is 0.242. The second-order valence-corrected chi connectivity index (χ2v) is 7.03. The van der Waals surface area contributed by atoms with Gasteiger partial charge in [0.25, 0.3) is 0 Å². The Hall–Kier alpha value is -2.76. The fraction of sp³-hybridized carbons (Fsp3) is 0.381. The number of nitrogens with zero attached hydrogens (tertiary/aromatic N) is 4. The first-order valence-corrected chi connectivity index (χ1v) is 10.1. The van der Waals surface area contributed by atoms with E-state index in [-0.39, 0.29) is 24.0 Å². The van der Waals surface area contributed by atoms with Crippen LogP contribution in [0, 0.1) is 0 Å². The summed E-state index contributed by atoms with van der Waals surface area (Å²) in [6.07, 6.45) is 2.63. The van der Waals surface area contributed by atoms with Gasteiger partial charge in [0.15, 0.2) is 11.7 Å². The van der Waals surface area contributed by atoms with Crippen molar-refractivity contribution in [1.29, 1.82) is 0 Å². The second kappa shape index (κ2) is 11.0. The number of H-pyrrole nitrogens is 1. The summed E-state index contributed by atoms with van der Waals surface area (Å²) in [4.78, 5) is 11.4. The molecule has 1 atom stereocenters. The smallest absolute Gasteiger partial charge is 0.216 e. The molecule has 166 valence electrons. The fourth-order valence-electron chi connectivity index (χ4n) is 3.54. The van der Waals surface area contributed by atoms with Crippen molar-refractivity contribution in [3.05, 3.63) is 48.5 Å². The Kier molecular flexibility index (Phi) is 8.15. The molecule has 0 aliphatic carbocycles. The number of nitrogens with one attached hydrogen (secondary N) is 3. The summed E-state index contributed by atoms with van der Waals surface area (Å²) in [7, 11) is 1.71. The molecule has 31 heavy (non-hydrogen) atoms. The van der Waals surface area contributed by atoms with Gasteiger partial charge >= 0.3 is 0 Å². The Morgan fingerprint density at radius 3 is 2.97 bits per heavy atom. The number of hydrogen-bond donors (Lipinski definition) is 3. The van der Waals surface area contributed by atoms with Gasteiger partial charge in [-0.1, -0.05) is 12.1 Å². The highest BCUT2D eigenvalue weighted by Gasteiger charge is 2.25. The molecule has 1 aliphatic heterocycles. The molecule has 3 aromatic rings. The molecule has 3 heterocycles. The number of ether oxygens (including phenoxy) is 1. The van der Waals surface area contributed by atoms with Crippen LogP contribution in [0.2, 0.25) is 0 Å². The van der Waals surface area contributed by atoms with E-state index in [2.05, 4.69) is 48.7 Å². The van der Waals surface area contributed by atoms with Crippen molar-refractivity contribution in [2.24, 2.45) is 4.99 Å². The molecule has 1 saturated heterocycles. The Morgan fingerprint density at radius 1 is 1.32 bits per heavy atom. The van der Waals surface area contributed by atoms with Gasteiger partial charge in [-0.25, -0.2) is 9.98 Å². The first kappa shape index (κ1) is 22.9. The first-order chi connectivity index (χ1) is 14.8. The van der Waals surface area contributed by atoms with E-state index < -0.39 is 0 Å². The van der Waals surface area contributed by atoms with Crippen LogP contribution >= 0.6 is 24.0 Å². The van der Waals surface area contributed by atoms with Gasteiger partial charge in [-0.3, -0.25) is 5.10 Å². The van der Waals surface area contributed by atoms with Crippen LogP contribution in [0.1, 0.15) is 19.2 Å². The van der Waals surface area contributed by atoms with Gasteiger partial charge in [-0.05, 0) is 37.6 Å². The Labute approximate surface area is 198 Å². The number of methoxy groups -OCH3 is 1. The van der Waals surface area contributed by atoms with Gasteiger partial charge < -0.3 is 24.7 Å². The lowest BCUT2D eigenvalue weighted by atomic mass is 10.2. The molecular formula is C21H28IN7O2. The number of hydrogen-bond acceptors (Lipinski definition) is 6. The Morgan fingerprint density at radius 2 is 2.19 bits per heavy atom. The number of furan rings is 1. The zero-order chi connectivity index (χ0) is 20.8. The summed E-state index contributed by atoms with van der Waals surface area (Å²) in [6.45, 7) is 5.08. The lowest BCUT2D eigenvalue weighted by Gasteiger charge is -2.22. The third kappa shape index (κ3) is 5.69. The number of halogens is 1. The van der Waals surface area contributed by atoms with Crippen molar-refractivity contribution >= 4 is 35.6 Å². The second-order valence-electron chi connectivity index (χ2n) is 7.03. The lowest BCUT2D eigenvalue weighted by Crippen LogP contribution is -2.44. The summed E-state index contributed by atoms with van der Waals surface area (Å²) in [5.74, 6) is 3.51. The highest BCUT2D eigenvalue weighted by molar-refractivity contribution is 14.0. The van der Waals surface area contributed by atoms with Crippen LogP contribution in [0.3, 0.4) is 0 Å². The molecule has 0 bridgehead atoms. The van der Waals surface area contributed by atoms with E-state index in [1.807, 2.05) is 30.3 Å². The van der Waals surface area contributed by atoms with E-state index in [0.717, 1.165) is 43.5 Å². The largest absolute Gasteiger partial charge is 0.495 e. The van der Waals surface area contributed by atoms with Gasteiger partial charge in [0.1, 0.15) is 18.1 Å². The van der Waals surface area contributed by atoms with Crippen LogP contribution in [-0.4, -0.2) is 53.9 Å². The minimum absolute atomic E-state index is 0. The molecule has 0 amide bonds. The molecular weight excluding hydrogens is 509 g/mol. The van der Waals surface area contributed by atoms with Crippen molar-refractivity contribution in [3.63, 3.8) is 0 Å². The first-order valence-electron chi connectivity index (χ1n) is 10.1. The van der Waals surface area contributed by atoms with Gasteiger partial charge in [0.2, 0.25) is 5.82 Å². The van der Waals surface area contributed by atoms with Crippen molar-refractivity contribution in [2.75, 3.05) is 31.6 Å². The summed E-state index contributed by atoms with van der Waals surface area (Å²) in [5.41, 5.74) is 1.12. The van der Waals surface area contributed by atoms with Crippen LogP contribution in [0.15, 0.2) is 52.1 Å². The van der Waals surface area contributed by atoms with Crippen LogP contribution in [0.25, 0.3) is 11.6 Å².